The lowest BCUT2D eigenvalue weighted by molar-refractivity contribution is 0.342. The molecule has 2 aromatic carbocycles. The minimum Gasteiger partial charge on any atom is -0.497 e. The van der Waals surface area contributed by atoms with Crippen LogP contribution in [0.4, 0.5) is 11.5 Å². The predicted molar refractivity (Wildman–Crippen MR) is 125 cm³/mol. The van der Waals surface area contributed by atoms with E-state index in [9.17, 15) is 4.79 Å². The minimum absolute atomic E-state index is 0.111. The first-order valence-corrected chi connectivity index (χ1v) is 11.1. The number of rotatable bonds is 9. The van der Waals surface area contributed by atoms with Gasteiger partial charge < -0.3 is 14.8 Å². The Morgan fingerprint density at radius 3 is 2.47 bits per heavy atom. The zero-order valence-corrected chi connectivity index (χ0v) is 18.6. The topological polar surface area (TPSA) is 83.2 Å². The zero-order chi connectivity index (χ0) is 22.3. The van der Waals surface area contributed by atoms with Crippen molar-refractivity contribution in [2.75, 3.05) is 19.0 Å². The maximum Gasteiger partial charge on any atom is 0.316 e. The summed E-state index contributed by atoms with van der Waals surface area (Å²) in [7, 11) is 1.64. The molecule has 2 heterocycles. The zero-order valence-electron chi connectivity index (χ0n) is 17.8. The van der Waals surface area contributed by atoms with Crippen LogP contribution in [0, 0.1) is 0 Å². The van der Waals surface area contributed by atoms with E-state index in [1.807, 2.05) is 67.6 Å². The molecule has 32 heavy (non-hydrogen) atoms. The molecule has 0 saturated carbocycles. The Labute approximate surface area is 189 Å². The summed E-state index contributed by atoms with van der Waals surface area (Å²) in [6, 6.07) is 18.9. The number of benzene rings is 2. The molecule has 0 amide bonds. The molecule has 0 aliphatic carbocycles. The molecule has 0 radical (unpaired) electrons. The van der Waals surface area contributed by atoms with E-state index in [0.717, 1.165) is 11.3 Å². The van der Waals surface area contributed by atoms with Crippen molar-refractivity contribution >= 4 is 23.3 Å². The summed E-state index contributed by atoms with van der Waals surface area (Å²) in [4.78, 5) is 13.4. The lowest BCUT2D eigenvalue weighted by atomic mass is 10.2. The highest BCUT2D eigenvalue weighted by atomic mass is 32.2. The average Bonchev–Trinajstić information content (AvgIpc) is 3.35. The summed E-state index contributed by atoms with van der Waals surface area (Å²) < 4.78 is 14.0. The summed E-state index contributed by atoms with van der Waals surface area (Å²) >= 11 is 1.43. The van der Waals surface area contributed by atoms with Gasteiger partial charge in [-0.3, -0.25) is 9.47 Å². The molecule has 0 unspecified atom stereocenters. The fourth-order valence-electron chi connectivity index (χ4n) is 3.04. The first kappa shape index (κ1) is 21.5. The number of nitrogens with one attached hydrogen (secondary N) is 1. The summed E-state index contributed by atoms with van der Waals surface area (Å²) in [5, 5.41) is 12.1. The van der Waals surface area contributed by atoms with Crippen LogP contribution < -0.4 is 20.3 Å². The Morgan fingerprint density at radius 2 is 1.75 bits per heavy atom. The summed E-state index contributed by atoms with van der Waals surface area (Å²) in [6.07, 6.45) is 3.58. The van der Waals surface area contributed by atoms with Gasteiger partial charge in [0, 0.05) is 18.1 Å². The van der Waals surface area contributed by atoms with Crippen molar-refractivity contribution in [3.05, 3.63) is 89.0 Å². The Kier molecular flexibility index (Phi) is 6.76. The van der Waals surface area contributed by atoms with E-state index in [0.29, 0.717) is 29.0 Å². The molecule has 4 aromatic rings. The Bertz CT molecular complexity index is 1220. The van der Waals surface area contributed by atoms with Crippen LogP contribution in [0.3, 0.4) is 0 Å². The number of hydrogen-bond donors (Lipinski definition) is 1. The van der Waals surface area contributed by atoms with Gasteiger partial charge >= 0.3 is 5.56 Å². The quantitative estimate of drug-likeness (QED) is 0.384. The van der Waals surface area contributed by atoms with Crippen molar-refractivity contribution in [3.63, 3.8) is 0 Å². The van der Waals surface area contributed by atoms with Gasteiger partial charge in [0.2, 0.25) is 11.0 Å². The van der Waals surface area contributed by atoms with Crippen LogP contribution in [0.2, 0.25) is 0 Å². The van der Waals surface area contributed by atoms with Gasteiger partial charge in [0.25, 0.3) is 0 Å². The highest BCUT2D eigenvalue weighted by Crippen LogP contribution is 2.26. The Balaban J connectivity index is 1.65. The van der Waals surface area contributed by atoms with Crippen LogP contribution in [-0.4, -0.2) is 33.3 Å². The van der Waals surface area contributed by atoms with Crippen LogP contribution in [0.15, 0.2) is 83.0 Å². The van der Waals surface area contributed by atoms with Gasteiger partial charge in [-0.05, 0) is 48.9 Å². The summed E-state index contributed by atoms with van der Waals surface area (Å²) in [5.74, 6) is 2.17. The highest BCUT2D eigenvalue weighted by Gasteiger charge is 2.16. The van der Waals surface area contributed by atoms with E-state index in [2.05, 4.69) is 15.5 Å². The summed E-state index contributed by atoms with van der Waals surface area (Å²) in [5.41, 5.74) is 1.41. The molecule has 164 valence electrons. The largest absolute Gasteiger partial charge is 0.497 e. The second-order valence-corrected chi connectivity index (χ2v) is 7.64. The van der Waals surface area contributed by atoms with Crippen molar-refractivity contribution in [2.24, 2.45) is 0 Å². The minimum atomic E-state index is -0.320. The fourth-order valence-corrected chi connectivity index (χ4v) is 3.93. The van der Waals surface area contributed by atoms with E-state index < -0.39 is 0 Å². The number of nitrogens with zero attached hydrogens (tertiary/aromatic N) is 4. The first-order valence-electron chi connectivity index (χ1n) is 10.1. The van der Waals surface area contributed by atoms with E-state index in [4.69, 9.17) is 9.47 Å². The molecular formula is C23H23N5O3S. The third-order valence-electron chi connectivity index (χ3n) is 4.60. The monoisotopic (exact) mass is 449 g/mol. The first-order chi connectivity index (χ1) is 15.7. The van der Waals surface area contributed by atoms with Crippen molar-refractivity contribution in [2.45, 2.75) is 17.8 Å². The Morgan fingerprint density at radius 1 is 1.00 bits per heavy atom. The molecule has 0 atom stereocenters. The van der Waals surface area contributed by atoms with Gasteiger partial charge in [0.15, 0.2) is 0 Å². The maximum absolute atomic E-state index is 13.4. The molecule has 1 N–H and O–H groups in total. The van der Waals surface area contributed by atoms with Gasteiger partial charge in [0.1, 0.15) is 11.5 Å². The molecule has 0 fully saturated rings. The summed E-state index contributed by atoms with van der Waals surface area (Å²) in [6.45, 7) is 2.42. The van der Waals surface area contributed by atoms with Crippen molar-refractivity contribution in [3.8, 4) is 11.5 Å². The lowest BCUT2D eigenvalue weighted by Gasteiger charge is -2.15. The smallest absolute Gasteiger partial charge is 0.316 e. The third-order valence-corrected chi connectivity index (χ3v) is 5.59. The van der Waals surface area contributed by atoms with Gasteiger partial charge in [-0.25, -0.2) is 0 Å². The van der Waals surface area contributed by atoms with Crippen molar-refractivity contribution < 1.29 is 9.47 Å². The molecule has 0 spiro atoms. The van der Waals surface area contributed by atoms with Gasteiger partial charge in [-0.2, -0.15) is 4.68 Å². The molecule has 4 rings (SSSR count). The molecule has 0 saturated heterocycles. The number of hydrogen-bond acceptors (Lipinski definition) is 7. The number of anilines is 2. The van der Waals surface area contributed by atoms with Crippen LogP contribution in [0.5, 0.6) is 11.5 Å². The van der Waals surface area contributed by atoms with Crippen LogP contribution in [-0.2, 0) is 5.75 Å². The number of ether oxygens (including phenoxy) is 2. The highest BCUT2D eigenvalue weighted by molar-refractivity contribution is 7.98. The second-order valence-electron chi connectivity index (χ2n) is 6.70. The van der Waals surface area contributed by atoms with E-state index in [-0.39, 0.29) is 11.4 Å². The predicted octanol–water partition coefficient (Wildman–Crippen LogP) is 4.19. The Hall–Kier alpha value is -3.72. The fraction of sp³-hybridized carbons (Fsp3) is 0.174. The van der Waals surface area contributed by atoms with Crippen LogP contribution >= 0.6 is 11.8 Å². The third kappa shape index (κ3) is 4.78. The average molecular weight is 450 g/mol. The van der Waals surface area contributed by atoms with E-state index in [1.165, 1.54) is 16.4 Å². The van der Waals surface area contributed by atoms with E-state index in [1.54, 1.807) is 24.2 Å². The van der Waals surface area contributed by atoms with E-state index >= 15 is 0 Å². The molecule has 0 aliphatic heterocycles. The number of methoxy groups -OCH3 is 1. The normalized spacial score (nSPS) is 10.7. The van der Waals surface area contributed by atoms with Gasteiger partial charge in [-0.1, -0.05) is 36.0 Å². The van der Waals surface area contributed by atoms with Crippen molar-refractivity contribution in [1.29, 1.82) is 0 Å². The number of para-hydroxylation sites is 2. The molecular weight excluding hydrogens is 426 g/mol. The van der Waals surface area contributed by atoms with Crippen LogP contribution in [0.25, 0.3) is 0 Å². The molecule has 0 bridgehead atoms. The molecule has 2 aromatic heterocycles. The molecule has 8 nitrogen and oxygen atoms in total. The van der Waals surface area contributed by atoms with Crippen LogP contribution in [0.1, 0.15) is 12.5 Å². The second kappa shape index (κ2) is 10.1. The molecule has 9 heteroatoms. The maximum atomic E-state index is 13.4. The standard InChI is InChI=1S/C23H23N5O3S/c1-3-31-20-9-5-4-8-19(20)24-21-22(29)28(27-14-6-7-15-27)23(26-25-21)32-16-17-10-12-18(30-2)13-11-17/h4-15H,3,16H2,1-2H3,(H,24,25). The van der Waals surface area contributed by atoms with Gasteiger partial charge in [-0.15, -0.1) is 10.2 Å². The SMILES string of the molecule is CCOc1ccccc1Nc1nnc(SCc2ccc(OC)cc2)n(-n2cccc2)c1=O. The van der Waals surface area contributed by atoms with Crippen molar-refractivity contribution in [1.82, 2.24) is 19.5 Å². The van der Waals surface area contributed by atoms with Gasteiger partial charge in [0.05, 0.1) is 19.4 Å². The number of thioether (sulfide) groups is 1. The number of aromatic nitrogens is 4. The lowest BCUT2D eigenvalue weighted by Crippen LogP contribution is -2.30. The molecule has 0 aliphatic rings.